The van der Waals surface area contributed by atoms with Gasteiger partial charge in [0.25, 0.3) is 5.91 Å². The molecule has 0 radical (unpaired) electrons. The van der Waals surface area contributed by atoms with Gasteiger partial charge in [-0.05, 0) is 69.6 Å². The van der Waals surface area contributed by atoms with Crippen molar-refractivity contribution in [3.05, 3.63) is 44.6 Å². The molecule has 0 aliphatic carbocycles. The second-order valence-electron chi connectivity index (χ2n) is 7.43. The van der Waals surface area contributed by atoms with Gasteiger partial charge < -0.3 is 19.3 Å². The molecule has 2 aliphatic rings. The Kier molecular flexibility index (Phi) is 5.10. The van der Waals surface area contributed by atoms with Crippen LogP contribution in [0.1, 0.15) is 37.7 Å². The number of carbonyl (C=O) groups is 1. The van der Waals surface area contributed by atoms with E-state index in [2.05, 4.69) is 31.9 Å². The number of hydrogen-bond acceptors (Lipinski definition) is 5. The van der Waals surface area contributed by atoms with Crippen molar-refractivity contribution in [2.45, 2.75) is 33.2 Å². The topological polar surface area (TPSA) is 42.0 Å². The van der Waals surface area contributed by atoms with E-state index in [0.717, 1.165) is 49.4 Å². The van der Waals surface area contributed by atoms with Crippen LogP contribution in [0.25, 0.3) is 0 Å². The van der Waals surface area contributed by atoms with Crippen LogP contribution in [0.3, 0.4) is 0 Å². The van der Waals surface area contributed by atoms with Crippen molar-refractivity contribution in [3.63, 3.8) is 0 Å². The number of rotatable bonds is 7. The van der Waals surface area contributed by atoms with Crippen LogP contribution < -0.4 is 9.47 Å². The lowest BCUT2D eigenvalue weighted by molar-refractivity contribution is 0.0771. The van der Waals surface area contributed by atoms with Gasteiger partial charge in [-0.2, -0.15) is 0 Å². The van der Waals surface area contributed by atoms with Crippen LogP contribution in [0.15, 0.2) is 18.2 Å². The Labute approximate surface area is 164 Å². The molecule has 5 nitrogen and oxygen atoms in total. The lowest BCUT2D eigenvalue weighted by Crippen LogP contribution is -2.29. The molecule has 0 bridgehead atoms. The monoisotopic (exact) mass is 386 g/mol. The number of aryl methyl sites for hydroxylation is 2. The van der Waals surface area contributed by atoms with E-state index in [-0.39, 0.29) is 12.7 Å². The van der Waals surface area contributed by atoms with Crippen molar-refractivity contribution in [1.29, 1.82) is 0 Å². The summed E-state index contributed by atoms with van der Waals surface area (Å²) in [6, 6.07) is 6.09. The fourth-order valence-electron chi connectivity index (χ4n) is 3.83. The lowest BCUT2D eigenvalue weighted by Gasteiger charge is -2.20. The Balaban J connectivity index is 1.25. The SMILES string of the molecule is Cc1cc(CCN(C)CCCN2Cc3cc4c(cc3C2=O)OCO4)c(C)s1. The largest absolute Gasteiger partial charge is 0.454 e. The molecule has 1 aromatic heterocycles. The zero-order valence-corrected chi connectivity index (χ0v) is 17.0. The highest BCUT2D eigenvalue weighted by atomic mass is 32.1. The van der Waals surface area contributed by atoms with Crippen molar-refractivity contribution in [2.75, 3.05) is 33.5 Å². The van der Waals surface area contributed by atoms with E-state index in [4.69, 9.17) is 9.47 Å². The van der Waals surface area contributed by atoms with Gasteiger partial charge in [0.2, 0.25) is 6.79 Å². The van der Waals surface area contributed by atoms with Gasteiger partial charge in [-0.15, -0.1) is 11.3 Å². The molecule has 27 heavy (non-hydrogen) atoms. The molecule has 0 spiro atoms. The fourth-order valence-corrected chi connectivity index (χ4v) is 4.80. The molecule has 2 aliphatic heterocycles. The number of likely N-dealkylation sites (N-methyl/N-ethyl adjacent to an activating group) is 1. The smallest absolute Gasteiger partial charge is 0.254 e. The standard InChI is InChI=1S/C21H26N2O3S/c1-14-9-16(15(2)27-14)5-8-22(3)6-4-7-23-12-17-10-19-20(26-13-25-19)11-18(17)21(23)24/h9-11H,4-8,12-13H2,1-3H3. The molecule has 2 aromatic rings. The van der Waals surface area contributed by atoms with Crippen LogP contribution in [-0.2, 0) is 13.0 Å². The first kappa shape index (κ1) is 18.3. The second kappa shape index (κ2) is 7.52. The molecule has 6 heteroatoms. The minimum absolute atomic E-state index is 0.107. The van der Waals surface area contributed by atoms with Crippen LogP contribution in [-0.4, -0.2) is 49.2 Å². The molecule has 144 valence electrons. The Morgan fingerprint density at radius 2 is 1.93 bits per heavy atom. The molecule has 3 heterocycles. The zero-order chi connectivity index (χ0) is 19.0. The molecule has 0 N–H and O–H groups in total. The Bertz CT molecular complexity index is 861. The minimum atomic E-state index is 0.107. The van der Waals surface area contributed by atoms with Crippen molar-refractivity contribution in [3.8, 4) is 11.5 Å². The van der Waals surface area contributed by atoms with Gasteiger partial charge >= 0.3 is 0 Å². The van der Waals surface area contributed by atoms with Crippen LogP contribution in [0.5, 0.6) is 11.5 Å². The average molecular weight is 387 g/mol. The quantitative estimate of drug-likeness (QED) is 0.729. The summed E-state index contributed by atoms with van der Waals surface area (Å²) in [7, 11) is 2.16. The molecule has 0 atom stereocenters. The summed E-state index contributed by atoms with van der Waals surface area (Å²) in [6.07, 6.45) is 2.07. The van der Waals surface area contributed by atoms with Crippen LogP contribution >= 0.6 is 11.3 Å². The van der Waals surface area contributed by atoms with Crippen molar-refractivity contribution in [1.82, 2.24) is 9.80 Å². The number of thiophene rings is 1. The summed E-state index contributed by atoms with van der Waals surface area (Å²) in [5, 5.41) is 0. The van der Waals surface area contributed by atoms with Crippen LogP contribution in [0, 0.1) is 13.8 Å². The highest BCUT2D eigenvalue weighted by molar-refractivity contribution is 7.12. The van der Waals surface area contributed by atoms with E-state index in [1.54, 1.807) is 0 Å². The summed E-state index contributed by atoms with van der Waals surface area (Å²) in [5.41, 5.74) is 3.27. The van der Waals surface area contributed by atoms with Gasteiger partial charge in [0.15, 0.2) is 11.5 Å². The molecular formula is C21H26N2O3S. The van der Waals surface area contributed by atoms with Crippen LogP contribution in [0.4, 0.5) is 0 Å². The molecule has 0 saturated heterocycles. The number of benzene rings is 1. The third-order valence-electron chi connectivity index (χ3n) is 5.35. The van der Waals surface area contributed by atoms with E-state index in [1.807, 2.05) is 28.4 Å². The number of hydrogen-bond donors (Lipinski definition) is 0. The number of fused-ring (bicyclic) bond motifs is 2. The first-order valence-electron chi connectivity index (χ1n) is 9.47. The molecule has 4 rings (SSSR count). The van der Waals surface area contributed by atoms with Crippen LogP contribution in [0.2, 0.25) is 0 Å². The van der Waals surface area contributed by atoms with E-state index < -0.39 is 0 Å². The first-order chi connectivity index (χ1) is 13.0. The van der Waals surface area contributed by atoms with Crippen molar-refractivity contribution < 1.29 is 14.3 Å². The van der Waals surface area contributed by atoms with E-state index in [1.165, 1.54) is 15.3 Å². The molecular weight excluding hydrogens is 360 g/mol. The summed E-state index contributed by atoms with van der Waals surface area (Å²) >= 11 is 1.88. The predicted octanol–water partition coefficient (Wildman–Crippen LogP) is 3.61. The summed E-state index contributed by atoms with van der Waals surface area (Å²) in [5.74, 6) is 1.54. The Hall–Kier alpha value is -2.05. The maximum absolute atomic E-state index is 12.6. The number of nitrogens with zero attached hydrogens (tertiary/aromatic N) is 2. The van der Waals surface area contributed by atoms with Gasteiger partial charge in [-0.1, -0.05) is 0 Å². The minimum Gasteiger partial charge on any atom is -0.454 e. The zero-order valence-electron chi connectivity index (χ0n) is 16.2. The third kappa shape index (κ3) is 3.82. The predicted molar refractivity (Wildman–Crippen MR) is 107 cm³/mol. The van der Waals surface area contributed by atoms with Gasteiger partial charge in [0.1, 0.15) is 0 Å². The van der Waals surface area contributed by atoms with Gasteiger partial charge in [-0.3, -0.25) is 4.79 Å². The van der Waals surface area contributed by atoms with Gasteiger partial charge in [0.05, 0.1) is 0 Å². The summed E-state index contributed by atoms with van der Waals surface area (Å²) in [6.45, 7) is 8.10. The number of amides is 1. The second-order valence-corrected chi connectivity index (χ2v) is 8.90. The molecule has 0 fully saturated rings. The third-order valence-corrected chi connectivity index (χ3v) is 6.36. The Morgan fingerprint density at radius 1 is 1.15 bits per heavy atom. The highest BCUT2D eigenvalue weighted by Crippen LogP contribution is 2.38. The fraction of sp³-hybridized carbons (Fsp3) is 0.476. The van der Waals surface area contributed by atoms with Crippen molar-refractivity contribution in [2.24, 2.45) is 0 Å². The molecule has 0 unspecified atom stereocenters. The van der Waals surface area contributed by atoms with E-state index in [0.29, 0.717) is 12.3 Å². The molecule has 0 saturated carbocycles. The Morgan fingerprint density at radius 3 is 2.67 bits per heavy atom. The van der Waals surface area contributed by atoms with Crippen molar-refractivity contribution >= 4 is 17.2 Å². The summed E-state index contributed by atoms with van der Waals surface area (Å²) in [4.78, 5) is 19.7. The van der Waals surface area contributed by atoms with Gasteiger partial charge in [-0.25, -0.2) is 0 Å². The van der Waals surface area contributed by atoms with E-state index in [9.17, 15) is 4.79 Å². The summed E-state index contributed by atoms with van der Waals surface area (Å²) < 4.78 is 10.8. The highest BCUT2D eigenvalue weighted by Gasteiger charge is 2.30. The number of ether oxygens (including phenoxy) is 2. The van der Waals surface area contributed by atoms with Gasteiger partial charge in [0, 0.05) is 35.0 Å². The first-order valence-corrected chi connectivity index (χ1v) is 10.3. The average Bonchev–Trinajstić information content (AvgIpc) is 3.30. The molecule has 1 aromatic carbocycles. The van der Waals surface area contributed by atoms with E-state index >= 15 is 0 Å². The maximum Gasteiger partial charge on any atom is 0.254 e. The maximum atomic E-state index is 12.6. The number of carbonyl (C=O) groups excluding carboxylic acids is 1. The molecule has 1 amide bonds. The lowest BCUT2D eigenvalue weighted by atomic mass is 10.1. The normalized spacial score (nSPS) is 15.1.